The lowest BCUT2D eigenvalue weighted by atomic mass is 10.1. The van der Waals surface area contributed by atoms with Crippen LogP contribution in [0.2, 0.25) is 10.0 Å². The maximum Gasteiger partial charge on any atom is 0.339 e. The molecule has 2 aromatic rings. The Morgan fingerprint density at radius 3 is 2.40 bits per heavy atom. The Bertz CT molecular complexity index is 1040. The van der Waals surface area contributed by atoms with E-state index < -0.39 is 27.9 Å². The van der Waals surface area contributed by atoms with Gasteiger partial charge >= 0.3 is 5.97 Å². The molecule has 1 N–H and O–H groups in total. The summed E-state index contributed by atoms with van der Waals surface area (Å²) in [5, 5.41) is 3.17. The van der Waals surface area contributed by atoms with Crippen LogP contribution >= 0.6 is 23.2 Å². The molecular weight excluding hydrogens is 451 g/mol. The van der Waals surface area contributed by atoms with Gasteiger partial charge in [-0.25, -0.2) is 13.2 Å². The largest absolute Gasteiger partial charge is 0.462 e. The maximum atomic E-state index is 13.0. The number of nitrogens with zero attached hydrogens (tertiary/aromatic N) is 1. The Morgan fingerprint density at radius 2 is 1.83 bits per heavy atom. The van der Waals surface area contributed by atoms with Crippen molar-refractivity contribution in [2.75, 3.05) is 22.5 Å². The topological polar surface area (TPSA) is 92.8 Å². The average Bonchev–Trinajstić information content (AvgIpc) is 2.66. The summed E-state index contributed by atoms with van der Waals surface area (Å²) in [4.78, 5) is 25.0. The number of carbonyl (C=O) groups is 2. The minimum Gasteiger partial charge on any atom is -0.462 e. The van der Waals surface area contributed by atoms with Gasteiger partial charge in [0.25, 0.3) is 0 Å². The molecule has 0 aliphatic carbocycles. The van der Waals surface area contributed by atoms with Crippen LogP contribution in [0.25, 0.3) is 0 Å². The van der Waals surface area contributed by atoms with E-state index in [1.54, 1.807) is 32.0 Å². The zero-order valence-electron chi connectivity index (χ0n) is 16.7. The van der Waals surface area contributed by atoms with Gasteiger partial charge in [0.2, 0.25) is 15.9 Å². The van der Waals surface area contributed by atoms with Crippen LogP contribution in [0, 0.1) is 0 Å². The molecule has 0 saturated carbocycles. The molecule has 7 nitrogen and oxygen atoms in total. The lowest BCUT2D eigenvalue weighted by Crippen LogP contribution is -2.47. The predicted octanol–water partition coefficient (Wildman–Crippen LogP) is 4.35. The van der Waals surface area contributed by atoms with Crippen LogP contribution in [0.4, 0.5) is 11.4 Å². The van der Waals surface area contributed by atoms with E-state index in [2.05, 4.69) is 5.32 Å². The second-order valence-electron chi connectivity index (χ2n) is 6.37. The van der Waals surface area contributed by atoms with Crippen LogP contribution in [0.15, 0.2) is 42.5 Å². The van der Waals surface area contributed by atoms with Crippen molar-refractivity contribution in [3.05, 3.63) is 58.1 Å². The summed E-state index contributed by atoms with van der Waals surface area (Å²) in [6.07, 6.45) is 1.22. The molecule has 1 amide bonds. The van der Waals surface area contributed by atoms with E-state index in [9.17, 15) is 18.0 Å². The summed E-state index contributed by atoms with van der Waals surface area (Å²) < 4.78 is 30.9. The van der Waals surface area contributed by atoms with Gasteiger partial charge in [-0.2, -0.15) is 0 Å². The maximum absolute atomic E-state index is 13.0. The van der Waals surface area contributed by atoms with Gasteiger partial charge in [-0.1, -0.05) is 36.2 Å². The molecule has 0 spiro atoms. The second kappa shape index (κ2) is 10.1. The van der Waals surface area contributed by atoms with Gasteiger partial charge in [-0.3, -0.25) is 9.10 Å². The lowest BCUT2D eigenvalue weighted by Gasteiger charge is -2.30. The molecule has 0 aliphatic rings. The van der Waals surface area contributed by atoms with Crippen LogP contribution in [0.3, 0.4) is 0 Å². The number of esters is 1. The molecule has 0 bridgehead atoms. The highest BCUT2D eigenvalue weighted by atomic mass is 35.5. The van der Waals surface area contributed by atoms with Crippen molar-refractivity contribution in [3.8, 4) is 0 Å². The number of amides is 1. The molecule has 30 heavy (non-hydrogen) atoms. The number of ether oxygens (including phenoxy) is 1. The first-order valence-electron chi connectivity index (χ1n) is 9.11. The Morgan fingerprint density at radius 1 is 1.13 bits per heavy atom. The minimum absolute atomic E-state index is 0.0965. The number of hydrogen-bond donors (Lipinski definition) is 1. The second-order valence-corrected chi connectivity index (χ2v) is 9.07. The van der Waals surface area contributed by atoms with Crippen molar-refractivity contribution in [2.45, 2.75) is 26.3 Å². The van der Waals surface area contributed by atoms with E-state index in [4.69, 9.17) is 27.9 Å². The van der Waals surface area contributed by atoms with Crippen molar-refractivity contribution in [2.24, 2.45) is 0 Å². The fourth-order valence-corrected chi connectivity index (χ4v) is 4.45. The van der Waals surface area contributed by atoms with Gasteiger partial charge in [-0.15, -0.1) is 0 Å². The Labute approximate surface area is 186 Å². The van der Waals surface area contributed by atoms with E-state index in [0.29, 0.717) is 5.02 Å². The highest BCUT2D eigenvalue weighted by Gasteiger charge is 2.31. The summed E-state index contributed by atoms with van der Waals surface area (Å²) in [5.74, 6) is -1.19. The molecule has 2 rings (SSSR count). The monoisotopic (exact) mass is 472 g/mol. The number of sulfonamides is 1. The number of carbonyl (C=O) groups excluding carboxylic acids is 2. The number of nitrogens with one attached hydrogen (secondary N) is 1. The average molecular weight is 473 g/mol. The first kappa shape index (κ1) is 24.0. The van der Waals surface area contributed by atoms with Crippen LogP contribution in [-0.4, -0.2) is 39.2 Å². The zero-order chi connectivity index (χ0) is 22.5. The third-order valence-electron chi connectivity index (χ3n) is 4.12. The van der Waals surface area contributed by atoms with Crippen LogP contribution < -0.4 is 9.62 Å². The number of halogens is 2. The van der Waals surface area contributed by atoms with E-state index in [-0.39, 0.29) is 35.0 Å². The quantitative estimate of drug-likeness (QED) is 0.576. The smallest absolute Gasteiger partial charge is 0.339 e. The third-order valence-corrected chi connectivity index (χ3v) is 5.87. The van der Waals surface area contributed by atoms with Gasteiger partial charge in [-0.05, 0) is 49.7 Å². The van der Waals surface area contributed by atoms with Crippen molar-refractivity contribution in [3.63, 3.8) is 0 Å². The normalized spacial score (nSPS) is 12.2. The number of benzene rings is 2. The van der Waals surface area contributed by atoms with Gasteiger partial charge < -0.3 is 10.1 Å². The van der Waals surface area contributed by atoms with E-state index >= 15 is 0 Å². The summed E-state index contributed by atoms with van der Waals surface area (Å²) in [7, 11) is -3.80. The van der Waals surface area contributed by atoms with Gasteiger partial charge in [0.15, 0.2) is 0 Å². The Kier molecular flexibility index (Phi) is 8.11. The standard InChI is InChI=1S/C20H22Cl2N2O5S/c1-4-18(24(30(3,27)28)15-8-6-7-13(21)11-15)19(25)23-14-9-10-17(22)16(12-14)20(26)29-5-2/h6-12,18H,4-5H2,1-3H3,(H,23,25). The molecule has 0 saturated heterocycles. The predicted molar refractivity (Wildman–Crippen MR) is 119 cm³/mol. The first-order chi connectivity index (χ1) is 14.1. The Balaban J connectivity index is 2.37. The fraction of sp³-hybridized carbons (Fsp3) is 0.300. The molecule has 0 radical (unpaired) electrons. The Hall–Kier alpha value is -2.29. The summed E-state index contributed by atoms with van der Waals surface area (Å²) in [6.45, 7) is 3.53. The van der Waals surface area contributed by atoms with Crippen LogP contribution in [0.5, 0.6) is 0 Å². The van der Waals surface area contributed by atoms with Crippen molar-refractivity contribution in [1.82, 2.24) is 0 Å². The van der Waals surface area contributed by atoms with Crippen molar-refractivity contribution >= 4 is 56.5 Å². The van der Waals surface area contributed by atoms with Gasteiger partial charge in [0.05, 0.1) is 29.1 Å². The van der Waals surface area contributed by atoms with E-state index in [0.717, 1.165) is 10.6 Å². The minimum atomic E-state index is -3.80. The SMILES string of the molecule is CCOC(=O)c1cc(NC(=O)C(CC)N(c2cccc(Cl)c2)S(C)(=O)=O)ccc1Cl. The molecular formula is C20H22Cl2N2O5S. The van der Waals surface area contributed by atoms with E-state index in [1.807, 2.05) is 0 Å². The highest BCUT2D eigenvalue weighted by molar-refractivity contribution is 7.92. The van der Waals surface area contributed by atoms with Crippen LogP contribution in [-0.2, 0) is 19.6 Å². The summed E-state index contributed by atoms with van der Waals surface area (Å²) in [6, 6.07) is 9.55. The molecule has 0 aromatic heterocycles. The number of hydrogen-bond acceptors (Lipinski definition) is 5. The van der Waals surface area contributed by atoms with Crippen LogP contribution in [0.1, 0.15) is 30.6 Å². The molecule has 10 heteroatoms. The molecule has 0 aliphatic heterocycles. The summed E-state index contributed by atoms with van der Waals surface area (Å²) in [5.41, 5.74) is 0.653. The van der Waals surface area contributed by atoms with Crippen molar-refractivity contribution in [1.29, 1.82) is 0 Å². The molecule has 1 atom stereocenters. The number of rotatable bonds is 8. The fourth-order valence-electron chi connectivity index (χ4n) is 2.87. The van der Waals surface area contributed by atoms with E-state index in [1.165, 1.54) is 24.3 Å². The third kappa shape index (κ3) is 5.87. The summed E-state index contributed by atoms with van der Waals surface area (Å²) >= 11 is 12.1. The van der Waals surface area contributed by atoms with Crippen molar-refractivity contribution < 1.29 is 22.7 Å². The number of anilines is 2. The molecule has 162 valence electrons. The first-order valence-corrected chi connectivity index (χ1v) is 11.7. The lowest BCUT2D eigenvalue weighted by molar-refractivity contribution is -0.117. The van der Waals surface area contributed by atoms with Gasteiger partial charge in [0, 0.05) is 10.7 Å². The molecule has 0 heterocycles. The highest BCUT2D eigenvalue weighted by Crippen LogP contribution is 2.27. The zero-order valence-corrected chi connectivity index (χ0v) is 19.0. The molecule has 1 unspecified atom stereocenters. The molecule has 2 aromatic carbocycles. The molecule has 0 fully saturated rings. The van der Waals surface area contributed by atoms with Gasteiger partial charge in [0.1, 0.15) is 6.04 Å².